The van der Waals surface area contributed by atoms with E-state index in [2.05, 4.69) is 37.3 Å². The zero-order valence-electron chi connectivity index (χ0n) is 16.5. The topological polar surface area (TPSA) is 23.8 Å². The van der Waals surface area contributed by atoms with E-state index in [9.17, 15) is 0 Å². The summed E-state index contributed by atoms with van der Waals surface area (Å²) in [7, 11) is 0. The summed E-state index contributed by atoms with van der Waals surface area (Å²) in [6.45, 7) is 2.26. The van der Waals surface area contributed by atoms with E-state index in [1.54, 1.807) is 0 Å². The highest BCUT2D eigenvalue weighted by atomic mass is 14.3. The Morgan fingerprint density at radius 3 is 2.15 bits per heavy atom. The van der Waals surface area contributed by atoms with Gasteiger partial charge in [0.15, 0.2) is 0 Å². The minimum atomic E-state index is 0.911. The molecule has 140 valence electrons. The van der Waals surface area contributed by atoms with Crippen LogP contribution in [0, 0.1) is 23.2 Å². The molecule has 0 unspecified atom stereocenters. The van der Waals surface area contributed by atoms with Crippen LogP contribution in [0.4, 0.5) is 0 Å². The molecule has 0 saturated heterocycles. The monoisotopic (exact) mass is 349 g/mol. The number of nitrogens with zero attached hydrogens (tertiary/aromatic N) is 1. The Morgan fingerprint density at radius 2 is 1.54 bits per heavy atom. The first-order valence-corrected chi connectivity index (χ1v) is 10.6. The molecule has 0 radical (unpaired) electrons. The maximum absolute atomic E-state index is 8.44. The molecule has 0 N–H and O–H groups in total. The number of benzene rings is 1. The Kier molecular flexibility index (Phi) is 9.88. The highest BCUT2D eigenvalue weighted by Gasteiger charge is 2.20. The van der Waals surface area contributed by atoms with E-state index >= 15 is 0 Å². The molecule has 2 rings (SSSR count). The molecule has 0 spiro atoms. The van der Waals surface area contributed by atoms with Crippen molar-refractivity contribution in [2.24, 2.45) is 11.8 Å². The number of hydrogen-bond acceptors (Lipinski definition) is 1. The van der Waals surface area contributed by atoms with Gasteiger partial charge in [0.25, 0.3) is 0 Å². The van der Waals surface area contributed by atoms with Gasteiger partial charge in [0.2, 0.25) is 0 Å². The normalized spacial score (nSPS) is 20.6. The first-order valence-electron chi connectivity index (χ1n) is 10.6. The van der Waals surface area contributed by atoms with Crippen LogP contribution in [0.2, 0.25) is 0 Å². The maximum Gasteiger partial charge on any atom is 0.0912 e. The Hall–Kier alpha value is -1.81. The van der Waals surface area contributed by atoms with Crippen molar-refractivity contribution in [2.45, 2.75) is 77.6 Å². The zero-order valence-corrected chi connectivity index (χ0v) is 16.5. The maximum atomic E-state index is 8.44. The van der Waals surface area contributed by atoms with E-state index in [1.165, 1.54) is 81.4 Å². The van der Waals surface area contributed by atoms with Crippen LogP contribution in [0.3, 0.4) is 0 Å². The molecule has 0 heterocycles. The molecule has 26 heavy (non-hydrogen) atoms. The fourth-order valence-electron chi connectivity index (χ4n) is 4.04. The molecule has 0 atom stereocenters. The van der Waals surface area contributed by atoms with E-state index < -0.39 is 0 Å². The lowest BCUT2D eigenvalue weighted by Gasteiger charge is -2.28. The second-order valence-corrected chi connectivity index (χ2v) is 7.84. The van der Waals surface area contributed by atoms with Crippen molar-refractivity contribution in [3.05, 3.63) is 59.7 Å². The van der Waals surface area contributed by atoms with E-state index in [4.69, 9.17) is 5.26 Å². The van der Waals surface area contributed by atoms with E-state index in [-0.39, 0.29) is 0 Å². The zero-order chi connectivity index (χ0) is 18.5. The van der Waals surface area contributed by atoms with E-state index in [1.807, 2.05) is 18.2 Å². The molecule has 1 aliphatic carbocycles. The van der Waals surface area contributed by atoms with Gasteiger partial charge in [0, 0.05) is 6.08 Å². The quantitative estimate of drug-likeness (QED) is 0.324. The van der Waals surface area contributed by atoms with Gasteiger partial charge in [-0.05, 0) is 61.5 Å². The van der Waals surface area contributed by atoms with Gasteiger partial charge in [-0.25, -0.2) is 0 Å². The molecule has 0 amide bonds. The van der Waals surface area contributed by atoms with Gasteiger partial charge in [0.1, 0.15) is 0 Å². The second kappa shape index (κ2) is 12.5. The fraction of sp³-hybridized carbons (Fsp3) is 0.560. The van der Waals surface area contributed by atoms with E-state index in [0.717, 1.165) is 18.3 Å². The Bertz CT molecular complexity index is 580. The lowest BCUT2D eigenvalue weighted by atomic mass is 9.78. The van der Waals surface area contributed by atoms with E-state index in [0.29, 0.717) is 0 Å². The van der Waals surface area contributed by atoms with Crippen LogP contribution in [-0.2, 0) is 12.8 Å². The highest BCUT2D eigenvalue weighted by molar-refractivity contribution is 5.22. The number of rotatable bonds is 10. The summed E-state index contributed by atoms with van der Waals surface area (Å²) in [6.07, 6.45) is 22.1. The van der Waals surface area contributed by atoms with Crippen LogP contribution >= 0.6 is 0 Å². The van der Waals surface area contributed by atoms with Gasteiger partial charge in [-0.15, -0.1) is 0 Å². The van der Waals surface area contributed by atoms with Crippen molar-refractivity contribution in [3.63, 3.8) is 0 Å². The second-order valence-electron chi connectivity index (χ2n) is 7.84. The molecule has 1 saturated carbocycles. The van der Waals surface area contributed by atoms with Gasteiger partial charge < -0.3 is 0 Å². The van der Waals surface area contributed by atoms with Crippen LogP contribution in [0.25, 0.3) is 0 Å². The average Bonchev–Trinajstić information content (AvgIpc) is 2.69. The van der Waals surface area contributed by atoms with Crippen molar-refractivity contribution in [3.8, 4) is 6.07 Å². The minimum absolute atomic E-state index is 0.911. The van der Waals surface area contributed by atoms with Crippen LogP contribution in [0.5, 0.6) is 0 Å². The van der Waals surface area contributed by atoms with Crippen LogP contribution in [-0.4, -0.2) is 0 Å². The molecule has 1 aromatic carbocycles. The van der Waals surface area contributed by atoms with Crippen molar-refractivity contribution in [2.75, 3.05) is 0 Å². The van der Waals surface area contributed by atoms with Gasteiger partial charge in [-0.1, -0.05) is 81.5 Å². The summed E-state index contributed by atoms with van der Waals surface area (Å²) < 4.78 is 0. The molecular weight excluding hydrogens is 314 g/mol. The number of unbranched alkanes of at least 4 members (excludes halogenated alkanes) is 1. The third-order valence-corrected chi connectivity index (χ3v) is 5.81. The molecule has 0 aliphatic heterocycles. The number of hydrogen-bond donors (Lipinski definition) is 0. The number of aryl methyl sites for hydroxylation is 2. The van der Waals surface area contributed by atoms with Crippen LogP contribution in [0.1, 0.15) is 75.8 Å². The first kappa shape index (κ1) is 20.5. The third-order valence-electron chi connectivity index (χ3n) is 5.81. The number of allylic oxidation sites excluding steroid dienone is 4. The molecular formula is C25H35N. The van der Waals surface area contributed by atoms with Crippen molar-refractivity contribution < 1.29 is 0 Å². The molecule has 1 aliphatic rings. The predicted molar refractivity (Wildman–Crippen MR) is 112 cm³/mol. The van der Waals surface area contributed by atoms with Crippen molar-refractivity contribution >= 4 is 0 Å². The summed E-state index contributed by atoms with van der Waals surface area (Å²) in [5.74, 6) is 1.84. The molecule has 1 fully saturated rings. The van der Waals surface area contributed by atoms with Gasteiger partial charge >= 0.3 is 0 Å². The summed E-state index contributed by atoms with van der Waals surface area (Å²) in [5, 5.41) is 8.44. The summed E-state index contributed by atoms with van der Waals surface area (Å²) in [6, 6.07) is 11.4. The minimum Gasteiger partial charge on any atom is -0.193 e. The first-order chi connectivity index (χ1) is 12.8. The Labute approximate surface area is 160 Å². The van der Waals surface area contributed by atoms with Crippen LogP contribution in [0.15, 0.2) is 48.6 Å². The molecule has 0 aromatic heterocycles. The number of nitriles is 1. The van der Waals surface area contributed by atoms with Crippen LogP contribution < -0.4 is 0 Å². The van der Waals surface area contributed by atoms with Gasteiger partial charge in [0.05, 0.1) is 6.07 Å². The molecule has 1 aromatic rings. The SMILES string of the molecule is CCCCc1ccc(CC[C@H]2CC[C@H](CCC=CC=CC#N)CC2)cc1. The van der Waals surface area contributed by atoms with Gasteiger partial charge in [-0.3, -0.25) is 0 Å². The predicted octanol–water partition coefficient (Wildman–Crippen LogP) is 7.18. The highest BCUT2D eigenvalue weighted by Crippen LogP contribution is 2.34. The summed E-state index contributed by atoms with van der Waals surface area (Å²) in [4.78, 5) is 0. The fourth-order valence-corrected chi connectivity index (χ4v) is 4.04. The largest absolute Gasteiger partial charge is 0.193 e. The average molecular weight is 350 g/mol. The van der Waals surface area contributed by atoms with Crippen molar-refractivity contribution in [1.82, 2.24) is 0 Å². The standard InChI is InChI=1S/C25H35N/c1-2-3-9-22-11-15-24(16-12-22)19-20-25-17-13-23(14-18-25)10-7-5-4-6-8-21-26/h4-6,8,11-12,15-16,23,25H,2-3,7,9-10,13-14,17-20H2,1H3/t23-,25-. The molecule has 0 bridgehead atoms. The Morgan fingerprint density at radius 1 is 0.923 bits per heavy atom. The lowest BCUT2D eigenvalue weighted by Crippen LogP contribution is -2.15. The summed E-state index contributed by atoms with van der Waals surface area (Å²) >= 11 is 0. The smallest absolute Gasteiger partial charge is 0.0912 e. The Balaban J connectivity index is 1.60. The molecule has 1 nitrogen and oxygen atoms in total. The lowest BCUT2D eigenvalue weighted by molar-refractivity contribution is 0.254. The molecule has 1 heteroatoms. The van der Waals surface area contributed by atoms with Crippen molar-refractivity contribution in [1.29, 1.82) is 5.26 Å². The van der Waals surface area contributed by atoms with Gasteiger partial charge in [-0.2, -0.15) is 5.26 Å². The third kappa shape index (κ3) is 8.05. The summed E-state index contributed by atoms with van der Waals surface area (Å²) in [5.41, 5.74) is 3.01.